The van der Waals surface area contributed by atoms with Crippen LogP contribution in [0.15, 0.2) is 12.3 Å². The van der Waals surface area contributed by atoms with Gasteiger partial charge in [0, 0.05) is 32.9 Å². The predicted octanol–water partition coefficient (Wildman–Crippen LogP) is 1.77. The molecule has 0 radical (unpaired) electrons. The SMILES string of the molecule is CCCNc1nccc(N(C)CCOCC)n1. The molecule has 0 aliphatic heterocycles. The van der Waals surface area contributed by atoms with Crippen molar-refractivity contribution in [2.24, 2.45) is 0 Å². The third kappa shape index (κ3) is 4.99. The summed E-state index contributed by atoms with van der Waals surface area (Å²) in [6, 6.07) is 1.91. The first-order valence-electron chi connectivity index (χ1n) is 6.13. The van der Waals surface area contributed by atoms with Crippen molar-refractivity contribution in [3.8, 4) is 0 Å². The van der Waals surface area contributed by atoms with Crippen molar-refractivity contribution in [1.82, 2.24) is 9.97 Å². The molecule has 0 aromatic carbocycles. The molecule has 1 aromatic heterocycles. The lowest BCUT2D eigenvalue weighted by Gasteiger charge is -2.18. The van der Waals surface area contributed by atoms with Crippen LogP contribution in [0.4, 0.5) is 11.8 Å². The van der Waals surface area contributed by atoms with Gasteiger partial charge in [0.1, 0.15) is 5.82 Å². The highest BCUT2D eigenvalue weighted by atomic mass is 16.5. The standard InChI is InChI=1S/C12H22N4O/c1-4-7-13-12-14-8-6-11(15-12)16(3)9-10-17-5-2/h6,8H,4-5,7,9-10H2,1-3H3,(H,13,14,15). The molecule has 17 heavy (non-hydrogen) atoms. The molecule has 5 nitrogen and oxygen atoms in total. The van der Waals surface area contributed by atoms with Crippen LogP contribution < -0.4 is 10.2 Å². The normalized spacial score (nSPS) is 10.3. The first-order valence-corrected chi connectivity index (χ1v) is 6.13. The Kier molecular flexibility index (Phi) is 6.32. The predicted molar refractivity (Wildman–Crippen MR) is 70.6 cm³/mol. The molecule has 1 N–H and O–H groups in total. The minimum atomic E-state index is 0.688. The fraction of sp³-hybridized carbons (Fsp3) is 0.667. The van der Waals surface area contributed by atoms with E-state index in [1.54, 1.807) is 6.20 Å². The first kappa shape index (κ1) is 13.7. The summed E-state index contributed by atoms with van der Waals surface area (Å²) >= 11 is 0. The third-order valence-corrected chi connectivity index (χ3v) is 2.34. The highest BCUT2D eigenvalue weighted by Crippen LogP contribution is 2.09. The number of rotatable bonds is 8. The van der Waals surface area contributed by atoms with Gasteiger partial charge in [0.05, 0.1) is 6.61 Å². The van der Waals surface area contributed by atoms with Crippen LogP contribution in [0.2, 0.25) is 0 Å². The van der Waals surface area contributed by atoms with E-state index < -0.39 is 0 Å². The molecule has 1 aromatic rings. The van der Waals surface area contributed by atoms with Gasteiger partial charge in [0.25, 0.3) is 0 Å². The van der Waals surface area contributed by atoms with Gasteiger partial charge in [0.2, 0.25) is 5.95 Å². The zero-order valence-electron chi connectivity index (χ0n) is 10.9. The molecular formula is C12H22N4O. The van der Waals surface area contributed by atoms with Crippen molar-refractivity contribution < 1.29 is 4.74 Å². The van der Waals surface area contributed by atoms with E-state index in [-0.39, 0.29) is 0 Å². The van der Waals surface area contributed by atoms with Crippen molar-refractivity contribution in [3.05, 3.63) is 12.3 Å². The van der Waals surface area contributed by atoms with Gasteiger partial charge in [-0.3, -0.25) is 0 Å². The number of hydrogen-bond acceptors (Lipinski definition) is 5. The number of aromatic nitrogens is 2. The van der Waals surface area contributed by atoms with E-state index in [9.17, 15) is 0 Å². The van der Waals surface area contributed by atoms with E-state index in [2.05, 4.69) is 27.1 Å². The molecule has 0 aliphatic carbocycles. The molecule has 0 fully saturated rings. The molecular weight excluding hydrogens is 216 g/mol. The topological polar surface area (TPSA) is 50.3 Å². The van der Waals surface area contributed by atoms with Crippen molar-refractivity contribution >= 4 is 11.8 Å². The van der Waals surface area contributed by atoms with Gasteiger partial charge in [-0.2, -0.15) is 4.98 Å². The fourth-order valence-corrected chi connectivity index (χ4v) is 1.34. The third-order valence-electron chi connectivity index (χ3n) is 2.34. The van der Waals surface area contributed by atoms with E-state index in [0.717, 1.165) is 31.9 Å². The molecule has 96 valence electrons. The number of nitrogens with zero attached hydrogens (tertiary/aromatic N) is 3. The second-order valence-corrected chi connectivity index (χ2v) is 3.78. The molecule has 5 heteroatoms. The molecule has 0 unspecified atom stereocenters. The zero-order chi connectivity index (χ0) is 12.5. The number of nitrogens with one attached hydrogen (secondary N) is 1. The summed E-state index contributed by atoms with van der Waals surface area (Å²) in [5, 5.41) is 3.18. The van der Waals surface area contributed by atoms with Crippen molar-refractivity contribution in [2.75, 3.05) is 43.6 Å². The van der Waals surface area contributed by atoms with E-state index in [4.69, 9.17) is 4.74 Å². The smallest absolute Gasteiger partial charge is 0.224 e. The van der Waals surface area contributed by atoms with Crippen molar-refractivity contribution in [3.63, 3.8) is 0 Å². The van der Waals surface area contributed by atoms with Crippen LogP contribution in [-0.2, 0) is 4.74 Å². The summed E-state index contributed by atoms with van der Waals surface area (Å²) in [4.78, 5) is 10.7. The quantitative estimate of drug-likeness (QED) is 0.699. The van der Waals surface area contributed by atoms with E-state index in [0.29, 0.717) is 12.6 Å². The van der Waals surface area contributed by atoms with Gasteiger partial charge in [-0.25, -0.2) is 4.98 Å². The van der Waals surface area contributed by atoms with Crippen LogP contribution in [-0.4, -0.2) is 43.3 Å². The van der Waals surface area contributed by atoms with Crippen LogP contribution in [0.3, 0.4) is 0 Å². The highest BCUT2D eigenvalue weighted by Gasteiger charge is 2.03. The maximum atomic E-state index is 5.32. The fourth-order valence-electron chi connectivity index (χ4n) is 1.34. The molecule has 0 aliphatic rings. The van der Waals surface area contributed by atoms with Gasteiger partial charge < -0.3 is 15.0 Å². The van der Waals surface area contributed by atoms with Crippen LogP contribution in [0.25, 0.3) is 0 Å². The number of hydrogen-bond donors (Lipinski definition) is 1. The van der Waals surface area contributed by atoms with Gasteiger partial charge in [-0.1, -0.05) is 6.92 Å². The lowest BCUT2D eigenvalue weighted by atomic mass is 10.5. The minimum absolute atomic E-state index is 0.688. The Morgan fingerprint density at radius 2 is 2.24 bits per heavy atom. The Labute approximate surface area is 103 Å². The molecule has 0 spiro atoms. The summed E-state index contributed by atoms with van der Waals surface area (Å²) in [6.07, 6.45) is 2.84. The number of anilines is 2. The summed E-state index contributed by atoms with van der Waals surface area (Å²) < 4.78 is 5.32. The largest absolute Gasteiger partial charge is 0.380 e. The monoisotopic (exact) mass is 238 g/mol. The average Bonchev–Trinajstić information content (AvgIpc) is 2.37. The Hall–Kier alpha value is -1.36. The summed E-state index contributed by atoms with van der Waals surface area (Å²) in [6.45, 7) is 7.31. The van der Waals surface area contributed by atoms with Gasteiger partial charge in [-0.15, -0.1) is 0 Å². The maximum absolute atomic E-state index is 5.32. The zero-order valence-corrected chi connectivity index (χ0v) is 10.9. The van der Waals surface area contributed by atoms with Crippen molar-refractivity contribution in [1.29, 1.82) is 0 Å². The molecule has 0 saturated carbocycles. The number of ether oxygens (including phenoxy) is 1. The highest BCUT2D eigenvalue weighted by molar-refractivity contribution is 5.41. The van der Waals surface area contributed by atoms with E-state index >= 15 is 0 Å². The van der Waals surface area contributed by atoms with Crippen LogP contribution in [0.1, 0.15) is 20.3 Å². The number of likely N-dealkylation sites (N-methyl/N-ethyl adjacent to an activating group) is 1. The Morgan fingerprint density at radius 1 is 1.41 bits per heavy atom. The second-order valence-electron chi connectivity index (χ2n) is 3.78. The maximum Gasteiger partial charge on any atom is 0.224 e. The molecule has 1 heterocycles. The summed E-state index contributed by atoms with van der Waals surface area (Å²) in [5.41, 5.74) is 0. The van der Waals surface area contributed by atoms with Crippen LogP contribution >= 0.6 is 0 Å². The van der Waals surface area contributed by atoms with E-state index in [1.807, 2.05) is 20.0 Å². The molecule has 1 rings (SSSR count). The lowest BCUT2D eigenvalue weighted by molar-refractivity contribution is 0.154. The molecule has 0 amide bonds. The summed E-state index contributed by atoms with van der Waals surface area (Å²) in [7, 11) is 2.00. The Balaban J connectivity index is 2.51. The summed E-state index contributed by atoms with van der Waals surface area (Å²) in [5.74, 6) is 1.60. The first-order chi connectivity index (χ1) is 8.27. The molecule has 0 bridgehead atoms. The molecule has 0 atom stereocenters. The van der Waals surface area contributed by atoms with Crippen LogP contribution in [0, 0.1) is 0 Å². The molecule has 0 saturated heterocycles. The average molecular weight is 238 g/mol. The second kappa shape index (κ2) is 7.84. The Morgan fingerprint density at radius 3 is 2.94 bits per heavy atom. The van der Waals surface area contributed by atoms with Gasteiger partial charge in [-0.05, 0) is 19.4 Å². The van der Waals surface area contributed by atoms with Crippen LogP contribution in [0.5, 0.6) is 0 Å². The minimum Gasteiger partial charge on any atom is -0.380 e. The van der Waals surface area contributed by atoms with Gasteiger partial charge in [0.15, 0.2) is 0 Å². The lowest BCUT2D eigenvalue weighted by Crippen LogP contribution is -2.24. The van der Waals surface area contributed by atoms with Crippen molar-refractivity contribution in [2.45, 2.75) is 20.3 Å². The van der Waals surface area contributed by atoms with E-state index in [1.165, 1.54) is 0 Å². The van der Waals surface area contributed by atoms with Gasteiger partial charge >= 0.3 is 0 Å². The Bertz CT molecular complexity index is 319.